The maximum Gasteiger partial charge on any atom is 0.338 e. The minimum absolute atomic E-state index is 0.269. The van der Waals surface area contributed by atoms with Crippen LogP contribution in [0.5, 0.6) is 0 Å². The summed E-state index contributed by atoms with van der Waals surface area (Å²) in [6, 6.07) is 13.9. The summed E-state index contributed by atoms with van der Waals surface area (Å²) in [6.45, 7) is 4.32. The lowest BCUT2D eigenvalue weighted by Crippen LogP contribution is -2.03. The van der Waals surface area contributed by atoms with E-state index in [9.17, 15) is 4.79 Å². The molecule has 0 aromatic heterocycles. The molecule has 0 aliphatic heterocycles. The molecule has 0 saturated carbocycles. The molecule has 0 amide bonds. The van der Waals surface area contributed by atoms with Crippen molar-refractivity contribution in [2.24, 2.45) is 0 Å². The molecular formula is C16H15IO2S. The number of ether oxygens (including phenoxy) is 1. The molecule has 20 heavy (non-hydrogen) atoms. The van der Waals surface area contributed by atoms with Gasteiger partial charge in [-0.1, -0.05) is 11.8 Å². The Kier molecular flexibility index (Phi) is 5.48. The third-order valence-electron chi connectivity index (χ3n) is 2.73. The zero-order chi connectivity index (χ0) is 14.5. The van der Waals surface area contributed by atoms with E-state index < -0.39 is 0 Å². The average molecular weight is 398 g/mol. The van der Waals surface area contributed by atoms with Gasteiger partial charge in [0.1, 0.15) is 0 Å². The second-order valence-corrected chi connectivity index (χ2v) is 6.62. The van der Waals surface area contributed by atoms with Gasteiger partial charge in [-0.15, -0.1) is 0 Å². The van der Waals surface area contributed by atoms with Gasteiger partial charge in [0, 0.05) is 13.4 Å². The van der Waals surface area contributed by atoms with Crippen LogP contribution in [-0.4, -0.2) is 12.6 Å². The topological polar surface area (TPSA) is 26.3 Å². The molecule has 0 fully saturated rings. The van der Waals surface area contributed by atoms with Crippen molar-refractivity contribution in [2.45, 2.75) is 23.6 Å². The predicted molar refractivity (Wildman–Crippen MR) is 90.4 cm³/mol. The van der Waals surface area contributed by atoms with Crippen LogP contribution in [0.25, 0.3) is 0 Å². The number of carbonyl (C=O) groups is 1. The first-order valence-electron chi connectivity index (χ1n) is 6.31. The number of carbonyl (C=O) groups excluding carboxylic acids is 1. The number of hydrogen-bond donors (Lipinski definition) is 0. The Morgan fingerprint density at radius 3 is 2.50 bits per heavy atom. The fraction of sp³-hybridized carbons (Fsp3) is 0.188. The van der Waals surface area contributed by atoms with Crippen molar-refractivity contribution >= 4 is 40.3 Å². The molecular weight excluding hydrogens is 383 g/mol. The van der Waals surface area contributed by atoms with Crippen LogP contribution in [0.2, 0.25) is 0 Å². The van der Waals surface area contributed by atoms with E-state index in [2.05, 4.69) is 47.7 Å². The molecule has 0 aliphatic carbocycles. The Labute approximate surface area is 137 Å². The second-order valence-electron chi connectivity index (χ2n) is 4.26. The normalized spacial score (nSPS) is 10.3. The van der Waals surface area contributed by atoms with E-state index in [1.54, 1.807) is 11.8 Å². The molecule has 0 heterocycles. The van der Waals surface area contributed by atoms with Gasteiger partial charge < -0.3 is 4.74 Å². The van der Waals surface area contributed by atoms with Crippen LogP contribution < -0.4 is 0 Å². The minimum atomic E-state index is -0.269. The third kappa shape index (κ3) is 3.99. The highest BCUT2D eigenvalue weighted by Crippen LogP contribution is 2.31. The fourth-order valence-corrected chi connectivity index (χ4v) is 3.26. The quantitative estimate of drug-likeness (QED) is 0.540. The van der Waals surface area contributed by atoms with Crippen LogP contribution >= 0.6 is 34.4 Å². The summed E-state index contributed by atoms with van der Waals surface area (Å²) >= 11 is 4.01. The SMILES string of the molecule is CCOC(=O)c1ccc(Sc2ccc(I)cc2C)cc1. The third-order valence-corrected chi connectivity index (χ3v) is 4.59. The van der Waals surface area contributed by atoms with Gasteiger partial charge in [-0.25, -0.2) is 4.79 Å². The summed E-state index contributed by atoms with van der Waals surface area (Å²) in [5.41, 5.74) is 1.85. The molecule has 0 atom stereocenters. The molecule has 0 N–H and O–H groups in total. The number of benzene rings is 2. The molecule has 0 spiro atoms. The highest BCUT2D eigenvalue weighted by Gasteiger charge is 2.07. The van der Waals surface area contributed by atoms with Gasteiger partial charge in [0.15, 0.2) is 0 Å². The first-order valence-corrected chi connectivity index (χ1v) is 8.21. The summed E-state index contributed by atoms with van der Waals surface area (Å²) in [5, 5.41) is 0. The monoisotopic (exact) mass is 398 g/mol. The van der Waals surface area contributed by atoms with Crippen LogP contribution in [0, 0.1) is 10.5 Å². The van der Waals surface area contributed by atoms with Crippen molar-refractivity contribution in [3.8, 4) is 0 Å². The van der Waals surface area contributed by atoms with Gasteiger partial charge in [0.05, 0.1) is 12.2 Å². The van der Waals surface area contributed by atoms with Crippen molar-refractivity contribution in [2.75, 3.05) is 6.61 Å². The summed E-state index contributed by atoms with van der Waals surface area (Å²) in [5.74, 6) is -0.269. The van der Waals surface area contributed by atoms with Crippen molar-refractivity contribution in [3.05, 3.63) is 57.2 Å². The number of esters is 1. The van der Waals surface area contributed by atoms with E-state index in [4.69, 9.17) is 4.74 Å². The zero-order valence-corrected chi connectivity index (χ0v) is 14.3. The molecule has 2 aromatic rings. The van der Waals surface area contributed by atoms with E-state index in [0.29, 0.717) is 12.2 Å². The highest BCUT2D eigenvalue weighted by atomic mass is 127. The summed E-state index contributed by atoms with van der Waals surface area (Å²) in [6.07, 6.45) is 0. The lowest BCUT2D eigenvalue weighted by Gasteiger charge is -2.07. The Balaban J connectivity index is 2.12. The van der Waals surface area contributed by atoms with Gasteiger partial charge in [-0.3, -0.25) is 0 Å². The molecule has 0 saturated heterocycles. The fourth-order valence-electron chi connectivity index (χ4n) is 1.73. The first kappa shape index (κ1) is 15.4. The van der Waals surface area contributed by atoms with Gasteiger partial charge in [-0.05, 0) is 84.5 Å². The van der Waals surface area contributed by atoms with Gasteiger partial charge >= 0.3 is 5.97 Å². The van der Waals surface area contributed by atoms with E-state index in [1.165, 1.54) is 14.0 Å². The molecule has 0 aliphatic rings. The molecule has 104 valence electrons. The molecule has 2 nitrogen and oxygen atoms in total. The van der Waals surface area contributed by atoms with Gasteiger partial charge in [0.25, 0.3) is 0 Å². The smallest absolute Gasteiger partial charge is 0.338 e. The average Bonchev–Trinajstić information content (AvgIpc) is 2.43. The highest BCUT2D eigenvalue weighted by molar-refractivity contribution is 14.1. The van der Waals surface area contributed by atoms with Crippen molar-refractivity contribution in [3.63, 3.8) is 0 Å². The molecule has 2 rings (SSSR count). The standard InChI is InChI=1S/C16H15IO2S/c1-3-19-16(18)12-4-7-14(8-5-12)20-15-9-6-13(17)10-11(15)2/h4-10H,3H2,1-2H3. The van der Waals surface area contributed by atoms with Gasteiger partial charge in [-0.2, -0.15) is 0 Å². The summed E-state index contributed by atoms with van der Waals surface area (Å²) in [7, 11) is 0. The number of hydrogen-bond acceptors (Lipinski definition) is 3. The van der Waals surface area contributed by atoms with Crippen LogP contribution in [-0.2, 0) is 4.74 Å². The predicted octanol–water partition coefficient (Wildman–Crippen LogP) is 4.93. The lowest BCUT2D eigenvalue weighted by atomic mass is 10.2. The van der Waals surface area contributed by atoms with E-state index in [0.717, 1.165) is 4.90 Å². The lowest BCUT2D eigenvalue weighted by molar-refractivity contribution is 0.0526. The molecule has 2 aromatic carbocycles. The Morgan fingerprint density at radius 1 is 1.20 bits per heavy atom. The van der Waals surface area contributed by atoms with E-state index in [1.807, 2.05) is 31.2 Å². The minimum Gasteiger partial charge on any atom is -0.462 e. The number of halogens is 1. The summed E-state index contributed by atoms with van der Waals surface area (Å²) < 4.78 is 6.21. The van der Waals surface area contributed by atoms with Crippen LogP contribution in [0.15, 0.2) is 52.3 Å². The maximum absolute atomic E-state index is 11.6. The molecule has 0 unspecified atom stereocenters. The van der Waals surface area contributed by atoms with Crippen LogP contribution in [0.4, 0.5) is 0 Å². The Hall–Kier alpha value is -1.01. The Bertz CT molecular complexity index is 608. The Morgan fingerprint density at radius 2 is 1.90 bits per heavy atom. The maximum atomic E-state index is 11.6. The van der Waals surface area contributed by atoms with E-state index in [-0.39, 0.29) is 5.97 Å². The van der Waals surface area contributed by atoms with Crippen molar-refractivity contribution < 1.29 is 9.53 Å². The number of rotatable bonds is 4. The van der Waals surface area contributed by atoms with Crippen LogP contribution in [0.3, 0.4) is 0 Å². The van der Waals surface area contributed by atoms with Crippen molar-refractivity contribution in [1.29, 1.82) is 0 Å². The second kappa shape index (κ2) is 7.13. The van der Waals surface area contributed by atoms with Crippen molar-refractivity contribution in [1.82, 2.24) is 0 Å². The van der Waals surface area contributed by atoms with Crippen LogP contribution in [0.1, 0.15) is 22.8 Å². The number of aryl methyl sites for hydroxylation is 1. The summed E-state index contributed by atoms with van der Waals surface area (Å²) in [4.78, 5) is 13.9. The van der Waals surface area contributed by atoms with E-state index >= 15 is 0 Å². The first-order chi connectivity index (χ1) is 9.60. The largest absolute Gasteiger partial charge is 0.462 e. The zero-order valence-electron chi connectivity index (χ0n) is 11.4. The molecule has 0 bridgehead atoms. The molecule has 4 heteroatoms. The molecule has 0 radical (unpaired) electrons. The van der Waals surface area contributed by atoms with Gasteiger partial charge in [0.2, 0.25) is 0 Å².